The van der Waals surface area contributed by atoms with Gasteiger partial charge in [-0.15, -0.1) is 0 Å². The van der Waals surface area contributed by atoms with Crippen LogP contribution in [0.1, 0.15) is 44.4 Å². The second kappa shape index (κ2) is 6.98. The van der Waals surface area contributed by atoms with E-state index in [9.17, 15) is 5.11 Å². The van der Waals surface area contributed by atoms with E-state index in [0.29, 0.717) is 18.1 Å². The van der Waals surface area contributed by atoms with Crippen LogP contribution in [0.3, 0.4) is 0 Å². The van der Waals surface area contributed by atoms with Crippen LogP contribution in [0.2, 0.25) is 0 Å². The Labute approximate surface area is 154 Å². The number of allylic oxidation sites excluding steroid dienone is 2. The lowest BCUT2D eigenvalue weighted by Crippen LogP contribution is -2.17. The number of nitrogens with one attached hydrogen (secondary N) is 1. The molecule has 1 aliphatic heterocycles. The van der Waals surface area contributed by atoms with Gasteiger partial charge in [0.2, 0.25) is 5.95 Å². The average Bonchev–Trinajstić information content (AvgIpc) is 3.16. The van der Waals surface area contributed by atoms with Gasteiger partial charge >= 0.3 is 0 Å². The lowest BCUT2D eigenvalue weighted by Gasteiger charge is -2.22. The molecule has 4 rings (SSSR count). The predicted molar refractivity (Wildman–Crippen MR) is 106 cm³/mol. The number of aliphatic hydroxyl groups excluding tert-OH is 1. The highest BCUT2D eigenvalue weighted by Crippen LogP contribution is 2.34. The van der Waals surface area contributed by atoms with Gasteiger partial charge in [-0.2, -0.15) is 0 Å². The molecule has 1 saturated heterocycles. The fourth-order valence-electron chi connectivity index (χ4n) is 3.87. The lowest BCUT2D eigenvalue weighted by molar-refractivity contribution is 0.383. The molecule has 0 amide bonds. The smallest absolute Gasteiger partial charge is 0.227 e. The third-order valence-electron chi connectivity index (χ3n) is 5.23. The first-order valence-corrected chi connectivity index (χ1v) is 9.52. The Morgan fingerprint density at radius 3 is 2.50 bits per heavy atom. The highest BCUT2D eigenvalue weighted by Gasteiger charge is 2.23. The van der Waals surface area contributed by atoms with Crippen molar-refractivity contribution in [2.45, 2.75) is 39.5 Å². The van der Waals surface area contributed by atoms with Crippen LogP contribution in [0.15, 0.2) is 36.2 Å². The van der Waals surface area contributed by atoms with E-state index >= 15 is 0 Å². The summed E-state index contributed by atoms with van der Waals surface area (Å²) < 4.78 is 0. The maximum absolute atomic E-state index is 10.3. The van der Waals surface area contributed by atoms with E-state index in [0.717, 1.165) is 42.0 Å². The molecule has 1 aliphatic carbocycles. The standard InChI is InChI=1S/C21H26N4O/c1-14(2)19-18(26)10-5-15-13-22-21(24-20(15)19)23-16-6-8-17(9-7-16)25-11-3-4-12-25/h6-9,13-14,26H,3-5,10-12H2,1-2H3,(H,22,23,24). The van der Waals surface area contributed by atoms with Gasteiger partial charge < -0.3 is 15.3 Å². The molecule has 2 N–H and O–H groups in total. The first-order chi connectivity index (χ1) is 12.6. The van der Waals surface area contributed by atoms with Gasteiger partial charge in [0.25, 0.3) is 0 Å². The minimum Gasteiger partial charge on any atom is -0.512 e. The summed E-state index contributed by atoms with van der Waals surface area (Å²) in [5, 5.41) is 13.6. The number of hydrogen-bond donors (Lipinski definition) is 2. The SMILES string of the molecule is CC(C)C1=C(O)CCc2cnc(Nc3ccc(N4CCCC4)cc3)nc21. The summed E-state index contributed by atoms with van der Waals surface area (Å²) in [7, 11) is 0. The Morgan fingerprint density at radius 2 is 1.81 bits per heavy atom. The maximum atomic E-state index is 10.3. The third kappa shape index (κ3) is 3.26. The van der Waals surface area contributed by atoms with Crippen molar-refractivity contribution in [2.75, 3.05) is 23.3 Å². The van der Waals surface area contributed by atoms with Crippen LogP contribution < -0.4 is 10.2 Å². The Kier molecular flexibility index (Phi) is 4.53. The summed E-state index contributed by atoms with van der Waals surface area (Å²) in [6, 6.07) is 8.45. The van der Waals surface area contributed by atoms with E-state index in [4.69, 9.17) is 4.98 Å². The molecule has 0 saturated carbocycles. The van der Waals surface area contributed by atoms with Crippen molar-refractivity contribution in [3.8, 4) is 0 Å². The zero-order valence-electron chi connectivity index (χ0n) is 15.5. The van der Waals surface area contributed by atoms with Crippen molar-refractivity contribution in [3.63, 3.8) is 0 Å². The summed E-state index contributed by atoms with van der Waals surface area (Å²) in [5.74, 6) is 1.27. The molecule has 2 heterocycles. The van der Waals surface area contributed by atoms with Gasteiger partial charge in [0.15, 0.2) is 0 Å². The minimum absolute atomic E-state index is 0.233. The largest absolute Gasteiger partial charge is 0.512 e. The number of aryl methyl sites for hydroxylation is 1. The molecule has 136 valence electrons. The van der Waals surface area contributed by atoms with Crippen LogP contribution in [0.25, 0.3) is 5.57 Å². The van der Waals surface area contributed by atoms with Crippen molar-refractivity contribution < 1.29 is 5.11 Å². The lowest BCUT2D eigenvalue weighted by atomic mass is 9.88. The molecule has 1 fully saturated rings. The minimum atomic E-state index is 0.233. The van der Waals surface area contributed by atoms with E-state index in [1.165, 1.54) is 18.5 Å². The number of rotatable bonds is 4. The van der Waals surface area contributed by atoms with Crippen LogP contribution in [-0.4, -0.2) is 28.2 Å². The second-order valence-electron chi connectivity index (χ2n) is 7.45. The zero-order chi connectivity index (χ0) is 18.1. The molecule has 0 atom stereocenters. The number of benzene rings is 1. The summed E-state index contributed by atoms with van der Waals surface area (Å²) in [6.45, 7) is 6.48. The molecule has 0 unspecified atom stereocenters. The van der Waals surface area contributed by atoms with Gasteiger partial charge in [-0.1, -0.05) is 13.8 Å². The fourth-order valence-corrected chi connectivity index (χ4v) is 3.87. The second-order valence-corrected chi connectivity index (χ2v) is 7.45. The topological polar surface area (TPSA) is 61.3 Å². The molecule has 26 heavy (non-hydrogen) atoms. The zero-order valence-corrected chi connectivity index (χ0v) is 15.5. The van der Waals surface area contributed by atoms with Gasteiger partial charge in [0.1, 0.15) is 0 Å². The predicted octanol–water partition coefficient (Wildman–Crippen LogP) is 4.69. The van der Waals surface area contributed by atoms with Gasteiger partial charge in [-0.3, -0.25) is 0 Å². The third-order valence-corrected chi connectivity index (χ3v) is 5.23. The normalized spacial score (nSPS) is 17.0. The quantitative estimate of drug-likeness (QED) is 0.837. The maximum Gasteiger partial charge on any atom is 0.227 e. The molecular weight excluding hydrogens is 324 g/mol. The van der Waals surface area contributed by atoms with Crippen LogP contribution >= 0.6 is 0 Å². The van der Waals surface area contributed by atoms with Crippen molar-refractivity contribution in [2.24, 2.45) is 5.92 Å². The summed E-state index contributed by atoms with van der Waals surface area (Å²) in [6.07, 6.45) is 5.91. The van der Waals surface area contributed by atoms with E-state index in [-0.39, 0.29) is 5.92 Å². The number of hydrogen-bond acceptors (Lipinski definition) is 5. The number of aromatic nitrogens is 2. The summed E-state index contributed by atoms with van der Waals surface area (Å²) in [4.78, 5) is 11.6. The van der Waals surface area contributed by atoms with Crippen molar-refractivity contribution in [1.82, 2.24) is 9.97 Å². The Balaban J connectivity index is 1.56. The van der Waals surface area contributed by atoms with Gasteiger partial charge in [0, 0.05) is 42.7 Å². The van der Waals surface area contributed by atoms with E-state index in [1.54, 1.807) is 0 Å². The molecule has 1 aromatic heterocycles. The number of anilines is 3. The Morgan fingerprint density at radius 1 is 1.08 bits per heavy atom. The molecule has 2 aliphatic rings. The molecule has 5 nitrogen and oxygen atoms in total. The molecule has 0 radical (unpaired) electrons. The highest BCUT2D eigenvalue weighted by atomic mass is 16.3. The monoisotopic (exact) mass is 350 g/mol. The van der Waals surface area contributed by atoms with Gasteiger partial charge in [0.05, 0.1) is 11.5 Å². The van der Waals surface area contributed by atoms with Crippen molar-refractivity contribution in [3.05, 3.63) is 47.5 Å². The molecule has 0 bridgehead atoms. The number of aliphatic hydroxyl groups is 1. The number of nitrogens with zero attached hydrogens (tertiary/aromatic N) is 3. The van der Waals surface area contributed by atoms with Crippen LogP contribution in [0.5, 0.6) is 0 Å². The Hall–Kier alpha value is -2.56. The van der Waals surface area contributed by atoms with Crippen LogP contribution in [0.4, 0.5) is 17.3 Å². The van der Waals surface area contributed by atoms with Gasteiger partial charge in [-0.05, 0) is 55.0 Å². The number of fused-ring (bicyclic) bond motifs is 1. The van der Waals surface area contributed by atoms with E-state index < -0.39 is 0 Å². The molecule has 2 aromatic rings. The summed E-state index contributed by atoms with van der Waals surface area (Å²) >= 11 is 0. The molecule has 0 spiro atoms. The van der Waals surface area contributed by atoms with Crippen LogP contribution in [-0.2, 0) is 6.42 Å². The van der Waals surface area contributed by atoms with Crippen LogP contribution in [0, 0.1) is 5.92 Å². The molecule has 1 aromatic carbocycles. The van der Waals surface area contributed by atoms with Gasteiger partial charge in [-0.25, -0.2) is 9.97 Å². The Bertz CT molecular complexity index is 820. The fraction of sp³-hybridized carbons (Fsp3) is 0.429. The first kappa shape index (κ1) is 16.9. The van der Waals surface area contributed by atoms with E-state index in [1.807, 2.05) is 6.20 Å². The highest BCUT2D eigenvalue weighted by molar-refractivity contribution is 5.71. The van der Waals surface area contributed by atoms with Crippen molar-refractivity contribution >= 4 is 22.9 Å². The summed E-state index contributed by atoms with van der Waals surface area (Å²) in [5.41, 5.74) is 5.19. The molecule has 5 heteroatoms. The molecular formula is C21H26N4O. The first-order valence-electron chi connectivity index (χ1n) is 9.52. The van der Waals surface area contributed by atoms with Crippen molar-refractivity contribution in [1.29, 1.82) is 0 Å². The van der Waals surface area contributed by atoms with E-state index in [2.05, 4.69) is 53.3 Å². The average molecular weight is 350 g/mol.